The number of hydrogen-bond donors (Lipinski definition) is 1. The summed E-state index contributed by atoms with van der Waals surface area (Å²) in [6.45, 7) is 2.55. The van der Waals surface area contributed by atoms with Gasteiger partial charge in [0.1, 0.15) is 5.69 Å². The predicted octanol–water partition coefficient (Wildman–Crippen LogP) is 3.56. The molecular weight excluding hydrogens is 267 g/mol. The highest BCUT2D eigenvalue weighted by Gasteiger charge is 2.32. The summed E-state index contributed by atoms with van der Waals surface area (Å²) in [4.78, 5) is 7.15. The highest BCUT2D eigenvalue weighted by atomic mass is 35.5. The van der Waals surface area contributed by atoms with Crippen LogP contribution in [-0.4, -0.2) is 22.4 Å². The van der Waals surface area contributed by atoms with Gasteiger partial charge >= 0.3 is 6.18 Å². The highest BCUT2D eigenvalue weighted by Crippen LogP contribution is 2.27. The van der Waals surface area contributed by atoms with Crippen LogP contribution in [0.4, 0.5) is 19.1 Å². The SMILES string of the molecule is CC(CCl)CCCNc1nccc(C(F)(F)F)n1. The molecule has 0 spiro atoms. The lowest BCUT2D eigenvalue weighted by Gasteiger charge is -2.09. The molecule has 1 rings (SSSR count). The average molecular weight is 282 g/mol. The van der Waals surface area contributed by atoms with Gasteiger partial charge in [-0.1, -0.05) is 6.92 Å². The Morgan fingerprint density at radius 3 is 2.78 bits per heavy atom. The number of halogens is 4. The quantitative estimate of drug-likeness (QED) is 0.640. The van der Waals surface area contributed by atoms with Crippen LogP contribution in [0.15, 0.2) is 12.3 Å². The lowest BCUT2D eigenvalue weighted by molar-refractivity contribution is -0.141. The van der Waals surface area contributed by atoms with Gasteiger partial charge in [0.15, 0.2) is 0 Å². The minimum absolute atomic E-state index is 0.00310. The fourth-order valence-electron chi connectivity index (χ4n) is 1.33. The molecule has 3 nitrogen and oxygen atoms in total. The van der Waals surface area contributed by atoms with Crippen LogP contribution < -0.4 is 5.32 Å². The van der Waals surface area contributed by atoms with E-state index in [9.17, 15) is 13.2 Å². The molecule has 0 aliphatic carbocycles. The van der Waals surface area contributed by atoms with E-state index < -0.39 is 11.9 Å². The van der Waals surface area contributed by atoms with E-state index in [2.05, 4.69) is 15.3 Å². The third-order valence-electron chi connectivity index (χ3n) is 2.37. The molecule has 1 N–H and O–H groups in total. The van der Waals surface area contributed by atoms with Gasteiger partial charge in [-0.3, -0.25) is 0 Å². The molecule has 1 atom stereocenters. The molecule has 0 saturated carbocycles. The fraction of sp³-hybridized carbons (Fsp3) is 0.636. The van der Waals surface area contributed by atoms with Crippen molar-refractivity contribution >= 4 is 17.5 Å². The Kier molecular flexibility index (Phi) is 5.65. The summed E-state index contributed by atoms with van der Waals surface area (Å²) in [5.74, 6) is 0.985. The molecule has 102 valence electrons. The van der Waals surface area contributed by atoms with E-state index in [-0.39, 0.29) is 5.95 Å². The first-order valence-electron chi connectivity index (χ1n) is 5.63. The van der Waals surface area contributed by atoms with Crippen molar-refractivity contribution in [2.75, 3.05) is 17.7 Å². The van der Waals surface area contributed by atoms with Crippen LogP contribution in [-0.2, 0) is 6.18 Å². The van der Waals surface area contributed by atoms with Gasteiger partial charge in [-0.2, -0.15) is 13.2 Å². The first-order valence-corrected chi connectivity index (χ1v) is 6.17. The molecule has 0 radical (unpaired) electrons. The van der Waals surface area contributed by atoms with Crippen molar-refractivity contribution in [2.45, 2.75) is 25.9 Å². The van der Waals surface area contributed by atoms with Crippen molar-refractivity contribution in [1.29, 1.82) is 0 Å². The number of nitrogens with one attached hydrogen (secondary N) is 1. The Labute approximate surface area is 109 Å². The van der Waals surface area contributed by atoms with Gasteiger partial charge in [0, 0.05) is 18.6 Å². The molecule has 0 aromatic carbocycles. The molecule has 0 aliphatic heterocycles. The number of nitrogens with zero attached hydrogens (tertiary/aromatic N) is 2. The summed E-state index contributed by atoms with van der Waals surface area (Å²) in [5, 5.41) is 2.77. The lowest BCUT2D eigenvalue weighted by Crippen LogP contribution is -2.12. The van der Waals surface area contributed by atoms with Gasteiger partial charge in [-0.25, -0.2) is 9.97 Å². The van der Waals surface area contributed by atoms with Crippen molar-refractivity contribution in [3.63, 3.8) is 0 Å². The number of aromatic nitrogens is 2. The van der Waals surface area contributed by atoms with Crippen LogP contribution in [0.25, 0.3) is 0 Å². The first-order chi connectivity index (χ1) is 8.43. The molecule has 18 heavy (non-hydrogen) atoms. The van der Waals surface area contributed by atoms with Gasteiger partial charge in [-0.05, 0) is 24.8 Å². The number of alkyl halides is 4. The lowest BCUT2D eigenvalue weighted by atomic mass is 10.1. The fourth-order valence-corrected chi connectivity index (χ4v) is 1.48. The highest BCUT2D eigenvalue weighted by molar-refractivity contribution is 6.18. The zero-order valence-electron chi connectivity index (χ0n) is 9.97. The third kappa shape index (κ3) is 5.08. The second-order valence-electron chi connectivity index (χ2n) is 4.09. The smallest absolute Gasteiger partial charge is 0.354 e. The molecule has 1 aromatic rings. The minimum Gasteiger partial charge on any atom is -0.354 e. The standard InChI is InChI=1S/C11H15ClF3N3/c1-8(7-12)3-2-5-16-10-17-6-4-9(18-10)11(13,14)15/h4,6,8H,2-3,5,7H2,1H3,(H,16,17,18). The third-order valence-corrected chi connectivity index (χ3v) is 2.89. The summed E-state index contributed by atoms with van der Waals surface area (Å²) in [6, 6.07) is 0.848. The topological polar surface area (TPSA) is 37.8 Å². The summed E-state index contributed by atoms with van der Waals surface area (Å²) in [6.07, 6.45) is -1.62. The number of hydrogen-bond acceptors (Lipinski definition) is 3. The Balaban J connectivity index is 2.43. The monoisotopic (exact) mass is 281 g/mol. The van der Waals surface area contributed by atoms with Crippen LogP contribution >= 0.6 is 11.6 Å². The van der Waals surface area contributed by atoms with Crippen molar-refractivity contribution in [3.05, 3.63) is 18.0 Å². The van der Waals surface area contributed by atoms with Gasteiger partial charge in [0.25, 0.3) is 0 Å². The molecule has 1 heterocycles. The minimum atomic E-state index is -4.44. The van der Waals surface area contributed by atoms with Gasteiger partial charge < -0.3 is 5.32 Å². The molecular formula is C11H15ClF3N3. The molecule has 1 aromatic heterocycles. The number of rotatable bonds is 6. The van der Waals surface area contributed by atoms with Crippen LogP contribution in [0, 0.1) is 5.92 Å². The van der Waals surface area contributed by atoms with Crippen molar-refractivity contribution in [3.8, 4) is 0 Å². The van der Waals surface area contributed by atoms with E-state index in [4.69, 9.17) is 11.6 Å². The van der Waals surface area contributed by atoms with Crippen LogP contribution in [0.3, 0.4) is 0 Å². The molecule has 0 bridgehead atoms. The molecule has 0 aliphatic rings. The van der Waals surface area contributed by atoms with Crippen LogP contribution in [0.2, 0.25) is 0 Å². The Morgan fingerprint density at radius 1 is 1.44 bits per heavy atom. The van der Waals surface area contributed by atoms with E-state index in [0.717, 1.165) is 25.1 Å². The maximum absolute atomic E-state index is 12.4. The van der Waals surface area contributed by atoms with Gasteiger partial charge in [-0.15, -0.1) is 11.6 Å². The van der Waals surface area contributed by atoms with Crippen molar-refractivity contribution in [2.24, 2.45) is 5.92 Å². The van der Waals surface area contributed by atoms with E-state index in [1.165, 1.54) is 0 Å². The summed E-state index contributed by atoms with van der Waals surface area (Å²) in [7, 11) is 0. The van der Waals surface area contributed by atoms with Crippen LogP contribution in [0.5, 0.6) is 0 Å². The zero-order chi connectivity index (χ0) is 13.6. The molecule has 0 fully saturated rings. The molecule has 1 unspecified atom stereocenters. The van der Waals surface area contributed by atoms with E-state index in [1.807, 2.05) is 6.92 Å². The van der Waals surface area contributed by atoms with E-state index in [0.29, 0.717) is 18.3 Å². The molecule has 0 amide bonds. The van der Waals surface area contributed by atoms with E-state index >= 15 is 0 Å². The number of anilines is 1. The second kappa shape index (κ2) is 6.78. The van der Waals surface area contributed by atoms with Crippen molar-refractivity contribution in [1.82, 2.24) is 9.97 Å². The Hall–Kier alpha value is -1.04. The Morgan fingerprint density at radius 2 is 2.17 bits per heavy atom. The second-order valence-corrected chi connectivity index (χ2v) is 4.40. The van der Waals surface area contributed by atoms with E-state index in [1.54, 1.807) is 0 Å². The van der Waals surface area contributed by atoms with Gasteiger partial charge in [0.05, 0.1) is 0 Å². The Bertz CT molecular complexity index is 371. The normalized spacial score (nSPS) is 13.4. The van der Waals surface area contributed by atoms with Gasteiger partial charge in [0.2, 0.25) is 5.95 Å². The summed E-state index contributed by atoms with van der Waals surface area (Å²) < 4.78 is 37.1. The van der Waals surface area contributed by atoms with Crippen molar-refractivity contribution < 1.29 is 13.2 Å². The molecule has 7 heteroatoms. The maximum Gasteiger partial charge on any atom is 0.433 e. The first kappa shape index (κ1) is 15.0. The summed E-state index contributed by atoms with van der Waals surface area (Å²) in [5.41, 5.74) is -0.936. The maximum atomic E-state index is 12.4. The average Bonchev–Trinajstić information content (AvgIpc) is 2.33. The van der Waals surface area contributed by atoms with Crippen LogP contribution in [0.1, 0.15) is 25.5 Å². The largest absolute Gasteiger partial charge is 0.433 e. The molecule has 0 saturated heterocycles. The zero-order valence-corrected chi connectivity index (χ0v) is 10.7. The summed E-state index contributed by atoms with van der Waals surface area (Å²) >= 11 is 5.65. The predicted molar refractivity (Wildman–Crippen MR) is 64.6 cm³/mol.